The standard InChI is InChI=1S/C20H17N5OS2/c1-4-13-8-12(10-21)20(28-13)23-19(26)14-9-15(16-6-5-7-27-16)22-18-17(14)11(2)24-25(18)3/h5-9H,4H2,1-3H3,(H,23,26). The number of anilines is 1. The largest absolute Gasteiger partial charge is 0.312 e. The average Bonchev–Trinajstić information content (AvgIpc) is 3.41. The molecule has 0 saturated carbocycles. The van der Waals surface area contributed by atoms with E-state index in [0.29, 0.717) is 21.8 Å². The molecule has 0 saturated heterocycles. The maximum Gasteiger partial charge on any atom is 0.257 e. The van der Waals surface area contributed by atoms with Crippen LogP contribution >= 0.6 is 22.7 Å². The van der Waals surface area contributed by atoms with Crippen LogP contribution in [0.5, 0.6) is 0 Å². The number of nitriles is 1. The van der Waals surface area contributed by atoms with E-state index in [1.165, 1.54) is 11.3 Å². The van der Waals surface area contributed by atoms with E-state index in [1.807, 2.05) is 44.5 Å². The van der Waals surface area contributed by atoms with Crippen molar-refractivity contribution in [3.8, 4) is 16.6 Å². The molecule has 140 valence electrons. The van der Waals surface area contributed by atoms with E-state index in [2.05, 4.69) is 16.5 Å². The van der Waals surface area contributed by atoms with Crippen molar-refractivity contribution in [1.29, 1.82) is 5.26 Å². The van der Waals surface area contributed by atoms with Crippen molar-refractivity contribution in [3.05, 3.63) is 51.3 Å². The van der Waals surface area contributed by atoms with Gasteiger partial charge in [0.1, 0.15) is 11.1 Å². The average molecular weight is 408 g/mol. The van der Waals surface area contributed by atoms with Crippen molar-refractivity contribution in [2.24, 2.45) is 7.05 Å². The predicted molar refractivity (Wildman–Crippen MR) is 113 cm³/mol. The van der Waals surface area contributed by atoms with E-state index >= 15 is 0 Å². The highest BCUT2D eigenvalue weighted by molar-refractivity contribution is 7.16. The Morgan fingerprint density at radius 2 is 2.21 bits per heavy atom. The lowest BCUT2D eigenvalue weighted by atomic mass is 10.1. The second-order valence-corrected chi connectivity index (χ2v) is 8.40. The Bertz CT molecular complexity index is 1230. The predicted octanol–water partition coefficient (Wildman–Crippen LogP) is 4.75. The van der Waals surface area contributed by atoms with E-state index in [-0.39, 0.29) is 5.91 Å². The number of fused-ring (bicyclic) bond motifs is 1. The number of amides is 1. The highest BCUT2D eigenvalue weighted by Crippen LogP contribution is 2.32. The number of aryl methyl sites for hydroxylation is 3. The van der Waals surface area contributed by atoms with Gasteiger partial charge in [-0.2, -0.15) is 10.4 Å². The van der Waals surface area contributed by atoms with Crippen molar-refractivity contribution < 1.29 is 4.79 Å². The first-order valence-electron chi connectivity index (χ1n) is 8.74. The molecule has 0 radical (unpaired) electrons. The quantitative estimate of drug-likeness (QED) is 0.529. The first-order chi connectivity index (χ1) is 13.5. The van der Waals surface area contributed by atoms with Crippen molar-refractivity contribution in [2.45, 2.75) is 20.3 Å². The number of hydrogen-bond donors (Lipinski definition) is 1. The molecule has 0 aliphatic rings. The molecule has 0 spiro atoms. The molecule has 1 N–H and O–H groups in total. The molecule has 0 unspecified atom stereocenters. The fraction of sp³-hybridized carbons (Fsp3) is 0.200. The number of carbonyl (C=O) groups is 1. The lowest BCUT2D eigenvalue weighted by Crippen LogP contribution is -2.13. The molecule has 0 aliphatic carbocycles. The number of thiophene rings is 2. The summed E-state index contributed by atoms with van der Waals surface area (Å²) in [5, 5.41) is 20.0. The summed E-state index contributed by atoms with van der Waals surface area (Å²) in [7, 11) is 1.82. The lowest BCUT2D eigenvalue weighted by Gasteiger charge is -2.08. The fourth-order valence-corrected chi connectivity index (χ4v) is 4.76. The number of nitrogens with one attached hydrogen (secondary N) is 1. The van der Waals surface area contributed by atoms with Gasteiger partial charge in [0.05, 0.1) is 32.8 Å². The van der Waals surface area contributed by atoms with Crippen molar-refractivity contribution in [1.82, 2.24) is 14.8 Å². The number of nitrogens with zero attached hydrogens (tertiary/aromatic N) is 4. The molecule has 4 aromatic heterocycles. The summed E-state index contributed by atoms with van der Waals surface area (Å²) in [5.74, 6) is -0.262. The van der Waals surface area contributed by atoms with Gasteiger partial charge in [-0.15, -0.1) is 22.7 Å². The van der Waals surface area contributed by atoms with Crippen LogP contribution in [-0.4, -0.2) is 20.7 Å². The monoisotopic (exact) mass is 407 g/mol. The number of carbonyl (C=O) groups excluding carboxylic acids is 1. The topological polar surface area (TPSA) is 83.6 Å². The van der Waals surface area contributed by atoms with Crippen LogP contribution in [0.15, 0.2) is 29.6 Å². The molecule has 4 heterocycles. The zero-order valence-electron chi connectivity index (χ0n) is 15.6. The Kier molecular flexibility index (Phi) is 4.71. The maximum absolute atomic E-state index is 13.2. The van der Waals surface area contributed by atoms with Gasteiger partial charge in [-0.1, -0.05) is 13.0 Å². The number of hydrogen-bond acceptors (Lipinski definition) is 6. The molecule has 4 aromatic rings. The van der Waals surface area contributed by atoms with Crippen LogP contribution in [0.25, 0.3) is 21.6 Å². The number of pyridine rings is 1. The lowest BCUT2D eigenvalue weighted by molar-refractivity contribution is 0.102. The summed E-state index contributed by atoms with van der Waals surface area (Å²) in [5.41, 5.74) is 3.14. The van der Waals surface area contributed by atoms with Crippen LogP contribution < -0.4 is 5.32 Å². The van der Waals surface area contributed by atoms with Crippen LogP contribution in [0.4, 0.5) is 5.00 Å². The highest BCUT2D eigenvalue weighted by atomic mass is 32.1. The van der Waals surface area contributed by atoms with Crippen LogP contribution in [0.2, 0.25) is 0 Å². The third kappa shape index (κ3) is 3.09. The van der Waals surface area contributed by atoms with Crippen molar-refractivity contribution in [3.63, 3.8) is 0 Å². The molecule has 0 aromatic carbocycles. The van der Waals surface area contributed by atoms with Gasteiger partial charge in [-0.3, -0.25) is 9.48 Å². The second-order valence-electron chi connectivity index (χ2n) is 6.31. The molecule has 0 atom stereocenters. The minimum Gasteiger partial charge on any atom is -0.312 e. The zero-order valence-corrected chi connectivity index (χ0v) is 17.2. The molecule has 0 fully saturated rings. The van der Waals surface area contributed by atoms with Gasteiger partial charge < -0.3 is 5.32 Å². The molecule has 1 amide bonds. The Hall–Kier alpha value is -3.02. The van der Waals surface area contributed by atoms with Gasteiger partial charge in [-0.05, 0) is 36.9 Å². The maximum atomic E-state index is 13.2. The number of rotatable bonds is 4. The SMILES string of the molecule is CCc1cc(C#N)c(NC(=O)c2cc(-c3cccs3)nc3c2c(C)nn3C)s1. The normalized spacial score (nSPS) is 10.9. The van der Waals surface area contributed by atoms with E-state index in [9.17, 15) is 10.1 Å². The highest BCUT2D eigenvalue weighted by Gasteiger charge is 2.21. The van der Waals surface area contributed by atoms with E-state index in [4.69, 9.17) is 4.98 Å². The number of aromatic nitrogens is 3. The van der Waals surface area contributed by atoms with Gasteiger partial charge in [0, 0.05) is 11.9 Å². The summed E-state index contributed by atoms with van der Waals surface area (Å²) in [6.45, 7) is 3.89. The van der Waals surface area contributed by atoms with Crippen LogP contribution in [-0.2, 0) is 13.5 Å². The van der Waals surface area contributed by atoms with E-state index in [0.717, 1.165) is 32.9 Å². The zero-order chi connectivity index (χ0) is 19.8. The third-order valence-electron chi connectivity index (χ3n) is 4.47. The van der Waals surface area contributed by atoms with Crippen LogP contribution in [0.3, 0.4) is 0 Å². The Labute approximate surface area is 170 Å². The second kappa shape index (κ2) is 7.19. The summed E-state index contributed by atoms with van der Waals surface area (Å²) < 4.78 is 1.69. The van der Waals surface area contributed by atoms with Crippen LogP contribution in [0, 0.1) is 18.3 Å². The first-order valence-corrected chi connectivity index (χ1v) is 10.4. The summed E-state index contributed by atoms with van der Waals surface area (Å²) >= 11 is 3.00. The van der Waals surface area contributed by atoms with Crippen molar-refractivity contribution in [2.75, 3.05) is 5.32 Å². The molecule has 6 nitrogen and oxygen atoms in total. The van der Waals surface area contributed by atoms with Gasteiger partial charge in [0.2, 0.25) is 0 Å². The van der Waals surface area contributed by atoms with Gasteiger partial charge in [0.25, 0.3) is 5.91 Å². The van der Waals surface area contributed by atoms with Gasteiger partial charge in [0.15, 0.2) is 5.65 Å². The minimum absolute atomic E-state index is 0.262. The minimum atomic E-state index is -0.262. The molecule has 4 rings (SSSR count). The third-order valence-corrected chi connectivity index (χ3v) is 6.55. The first kappa shape index (κ1) is 18.3. The molecule has 0 aliphatic heterocycles. The van der Waals surface area contributed by atoms with Crippen molar-refractivity contribution >= 4 is 44.6 Å². The molecule has 0 bridgehead atoms. The Morgan fingerprint density at radius 3 is 2.89 bits per heavy atom. The molecular weight excluding hydrogens is 390 g/mol. The Morgan fingerprint density at radius 1 is 1.39 bits per heavy atom. The molecular formula is C20H17N5OS2. The summed E-state index contributed by atoms with van der Waals surface area (Å²) in [6.07, 6.45) is 0.818. The molecule has 28 heavy (non-hydrogen) atoms. The summed E-state index contributed by atoms with van der Waals surface area (Å²) in [4.78, 5) is 20.0. The van der Waals surface area contributed by atoms with E-state index < -0.39 is 0 Å². The van der Waals surface area contributed by atoms with Crippen LogP contribution in [0.1, 0.15) is 33.4 Å². The van der Waals surface area contributed by atoms with Gasteiger partial charge in [-0.25, -0.2) is 4.98 Å². The fourth-order valence-electron chi connectivity index (χ4n) is 3.14. The Balaban J connectivity index is 1.84. The summed E-state index contributed by atoms with van der Waals surface area (Å²) in [6, 6.07) is 9.73. The molecule has 8 heteroatoms. The van der Waals surface area contributed by atoms with Gasteiger partial charge >= 0.3 is 0 Å². The van der Waals surface area contributed by atoms with E-state index in [1.54, 1.807) is 22.1 Å². The smallest absolute Gasteiger partial charge is 0.257 e.